The van der Waals surface area contributed by atoms with Gasteiger partial charge >= 0.3 is 0 Å². The number of nitrogens with one attached hydrogen (secondary N) is 1. The molecule has 0 atom stereocenters. The Balaban J connectivity index is 1.56. The fourth-order valence-corrected chi connectivity index (χ4v) is 4.20. The second-order valence-corrected chi connectivity index (χ2v) is 9.93. The van der Waals surface area contributed by atoms with Gasteiger partial charge in [0.1, 0.15) is 0 Å². The molecule has 0 aliphatic rings. The highest BCUT2D eigenvalue weighted by Gasteiger charge is 2.16. The Labute approximate surface area is 179 Å². The van der Waals surface area contributed by atoms with Gasteiger partial charge in [0, 0.05) is 11.1 Å². The summed E-state index contributed by atoms with van der Waals surface area (Å²) in [5, 5.41) is 11.2. The molecule has 2 aromatic carbocycles. The Hall–Kier alpha value is -2.51. The highest BCUT2D eigenvalue weighted by molar-refractivity contribution is 8.01. The monoisotopic (exact) mass is 425 g/mol. The van der Waals surface area contributed by atoms with Gasteiger partial charge < -0.3 is 0 Å². The lowest BCUT2D eigenvalue weighted by atomic mass is 9.87. The Kier molecular flexibility index (Phi) is 6.49. The number of carbonyl (C=O) groups is 2. The summed E-state index contributed by atoms with van der Waals surface area (Å²) in [4.78, 5) is 24.7. The Bertz CT molecular complexity index is 1000. The van der Waals surface area contributed by atoms with Crippen LogP contribution in [0.4, 0.5) is 5.13 Å². The van der Waals surface area contributed by atoms with Gasteiger partial charge in [-0.15, -0.1) is 10.2 Å². The number of aromatic nitrogens is 2. The summed E-state index contributed by atoms with van der Waals surface area (Å²) >= 11 is 2.58. The fourth-order valence-electron chi connectivity index (χ4n) is 2.56. The SMILES string of the molecule is Cc1ccc(C(=O)CSc2nnc(NC(=O)c3ccc(C(C)(C)C)cc3)s2)cc1. The average Bonchev–Trinajstić information content (AvgIpc) is 3.13. The van der Waals surface area contributed by atoms with Crippen molar-refractivity contribution in [3.63, 3.8) is 0 Å². The lowest BCUT2D eigenvalue weighted by molar-refractivity contribution is 0.101. The molecule has 5 nitrogen and oxygen atoms in total. The van der Waals surface area contributed by atoms with E-state index in [1.165, 1.54) is 28.7 Å². The van der Waals surface area contributed by atoms with Crippen LogP contribution in [0.15, 0.2) is 52.9 Å². The van der Waals surface area contributed by atoms with Crippen LogP contribution in [-0.2, 0) is 5.41 Å². The zero-order valence-electron chi connectivity index (χ0n) is 16.9. The molecule has 1 N–H and O–H groups in total. The molecule has 0 saturated heterocycles. The zero-order valence-corrected chi connectivity index (χ0v) is 18.5. The van der Waals surface area contributed by atoms with E-state index in [4.69, 9.17) is 0 Å². The van der Waals surface area contributed by atoms with Crippen molar-refractivity contribution in [1.29, 1.82) is 0 Å². The molecular formula is C22H23N3O2S2. The Morgan fingerprint density at radius 2 is 1.59 bits per heavy atom. The third-order valence-corrected chi connectivity index (χ3v) is 6.31. The molecule has 0 aliphatic heterocycles. The molecular weight excluding hydrogens is 402 g/mol. The van der Waals surface area contributed by atoms with Gasteiger partial charge in [-0.3, -0.25) is 14.9 Å². The van der Waals surface area contributed by atoms with E-state index in [9.17, 15) is 9.59 Å². The number of Topliss-reactive ketones (excluding diaryl/α,β-unsaturated/α-hetero) is 1. The van der Waals surface area contributed by atoms with Crippen LogP contribution in [0, 0.1) is 6.92 Å². The molecule has 0 unspecified atom stereocenters. The van der Waals surface area contributed by atoms with Crippen molar-refractivity contribution >= 4 is 39.9 Å². The summed E-state index contributed by atoms with van der Waals surface area (Å²) in [5.41, 5.74) is 3.57. The van der Waals surface area contributed by atoms with Gasteiger partial charge in [-0.1, -0.05) is 85.8 Å². The number of rotatable bonds is 6. The lowest BCUT2D eigenvalue weighted by Crippen LogP contribution is -2.14. The van der Waals surface area contributed by atoms with E-state index in [1.807, 2.05) is 55.5 Å². The molecule has 1 aromatic heterocycles. The summed E-state index contributed by atoms with van der Waals surface area (Å²) in [5.74, 6) is 0.0866. The summed E-state index contributed by atoms with van der Waals surface area (Å²) in [7, 11) is 0. The van der Waals surface area contributed by atoms with Crippen LogP contribution in [-0.4, -0.2) is 27.6 Å². The van der Waals surface area contributed by atoms with E-state index >= 15 is 0 Å². The van der Waals surface area contributed by atoms with E-state index in [1.54, 1.807) is 0 Å². The van der Waals surface area contributed by atoms with Crippen molar-refractivity contribution in [1.82, 2.24) is 10.2 Å². The predicted molar refractivity (Wildman–Crippen MR) is 119 cm³/mol. The van der Waals surface area contributed by atoms with Crippen molar-refractivity contribution in [3.05, 3.63) is 70.8 Å². The van der Waals surface area contributed by atoms with E-state index in [0.29, 0.717) is 20.6 Å². The molecule has 29 heavy (non-hydrogen) atoms. The molecule has 0 aliphatic carbocycles. The average molecular weight is 426 g/mol. The van der Waals surface area contributed by atoms with E-state index < -0.39 is 0 Å². The van der Waals surface area contributed by atoms with E-state index in [-0.39, 0.29) is 22.9 Å². The maximum atomic E-state index is 12.4. The molecule has 0 saturated carbocycles. The largest absolute Gasteiger partial charge is 0.296 e. The van der Waals surface area contributed by atoms with E-state index in [2.05, 4.69) is 36.3 Å². The molecule has 1 heterocycles. The van der Waals surface area contributed by atoms with Crippen LogP contribution in [0.1, 0.15) is 52.6 Å². The third-order valence-electron chi connectivity index (χ3n) is 4.34. The number of benzene rings is 2. The highest BCUT2D eigenvalue weighted by Crippen LogP contribution is 2.27. The van der Waals surface area contributed by atoms with Crippen LogP contribution < -0.4 is 5.32 Å². The fraction of sp³-hybridized carbons (Fsp3) is 0.273. The second-order valence-electron chi connectivity index (χ2n) is 7.73. The molecule has 3 aromatic rings. The number of hydrogen-bond donors (Lipinski definition) is 1. The van der Waals surface area contributed by atoms with Gasteiger partial charge in [-0.25, -0.2) is 0 Å². The quantitative estimate of drug-likeness (QED) is 0.326. The minimum Gasteiger partial charge on any atom is -0.296 e. The Morgan fingerprint density at radius 3 is 2.21 bits per heavy atom. The molecule has 0 spiro atoms. The van der Waals surface area contributed by atoms with Crippen molar-refractivity contribution in [3.8, 4) is 0 Å². The highest BCUT2D eigenvalue weighted by atomic mass is 32.2. The summed E-state index contributed by atoms with van der Waals surface area (Å²) < 4.78 is 0.642. The first-order valence-corrected chi connectivity index (χ1v) is 11.0. The summed E-state index contributed by atoms with van der Waals surface area (Å²) in [6, 6.07) is 15.1. The summed E-state index contributed by atoms with van der Waals surface area (Å²) in [6.45, 7) is 8.38. The number of aryl methyl sites for hydroxylation is 1. The van der Waals surface area contributed by atoms with E-state index in [0.717, 1.165) is 5.56 Å². The van der Waals surface area contributed by atoms with Gasteiger partial charge in [0.15, 0.2) is 10.1 Å². The molecule has 0 bridgehead atoms. The van der Waals surface area contributed by atoms with Crippen LogP contribution in [0.2, 0.25) is 0 Å². The molecule has 3 rings (SSSR count). The number of anilines is 1. The molecule has 7 heteroatoms. The first-order valence-electron chi connectivity index (χ1n) is 9.20. The number of nitrogens with zero attached hydrogens (tertiary/aromatic N) is 2. The minimum atomic E-state index is -0.228. The number of carbonyl (C=O) groups excluding carboxylic acids is 2. The maximum Gasteiger partial charge on any atom is 0.257 e. The van der Waals surface area contributed by atoms with Crippen LogP contribution >= 0.6 is 23.1 Å². The first kappa shape index (κ1) is 21.2. The normalized spacial score (nSPS) is 11.3. The minimum absolute atomic E-state index is 0.0368. The van der Waals surface area contributed by atoms with Crippen LogP contribution in [0.5, 0.6) is 0 Å². The second kappa shape index (κ2) is 8.88. The number of ketones is 1. The molecule has 0 fully saturated rings. The van der Waals surface area contributed by atoms with Crippen molar-refractivity contribution in [2.75, 3.05) is 11.1 Å². The molecule has 150 valence electrons. The summed E-state index contributed by atoms with van der Waals surface area (Å²) in [6.07, 6.45) is 0. The van der Waals surface area contributed by atoms with Gasteiger partial charge in [0.25, 0.3) is 5.91 Å². The first-order chi connectivity index (χ1) is 13.7. The molecule has 0 radical (unpaired) electrons. The van der Waals surface area contributed by atoms with Crippen molar-refractivity contribution in [2.45, 2.75) is 37.4 Å². The van der Waals surface area contributed by atoms with Gasteiger partial charge in [-0.05, 0) is 30.0 Å². The smallest absolute Gasteiger partial charge is 0.257 e. The van der Waals surface area contributed by atoms with Gasteiger partial charge in [0.2, 0.25) is 5.13 Å². The topological polar surface area (TPSA) is 72.0 Å². The lowest BCUT2D eigenvalue weighted by Gasteiger charge is -2.18. The van der Waals surface area contributed by atoms with Gasteiger partial charge in [0.05, 0.1) is 5.75 Å². The maximum absolute atomic E-state index is 12.4. The molecule has 1 amide bonds. The van der Waals surface area contributed by atoms with Crippen LogP contribution in [0.25, 0.3) is 0 Å². The number of amides is 1. The zero-order chi connectivity index (χ0) is 21.0. The Morgan fingerprint density at radius 1 is 0.966 bits per heavy atom. The van der Waals surface area contributed by atoms with Crippen molar-refractivity contribution in [2.24, 2.45) is 0 Å². The number of thioether (sulfide) groups is 1. The van der Waals surface area contributed by atoms with Gasteiger partial charge in [-0.2, -0.15) is 0 Å². The van der Waals surface area contributed by atoms with Crippen molar-refractivity contribution < 1.29 is 9.59 Å². The standard InChI is InChI=1S/C22H23N3O2S2/c1-14-5-7-15(8-6-14)18(26)13-28-21-25-24-20(29-21)23-19(27)16-9-11-17(12-10-16)22(2,3)4/h5-12H,13H2,1-4H3,(H,23,24,27). The van der Waals surface area contributed by atoms with Crippen LogP contribution in [0.3, 0.4) is 0 Å². The number of hydrogen-bond acceptors (Lipinski definition) is 6. The predicted octanol–water partition coefficient (Wildman–Crippen LogP) is 5.37. The third kappa shape index (κ3) is 5.74.